The lowest BCUT2D eigenvalue weighted by Gasteiger charge is -2.37. The van der Waals surface area contributed by atoms with E-state index in [0.29, 0.717) is 12.2 Å². The summed E-state index contributed by atoms with van der Waals surface area (Å²) < 4.78 is 5.03. The molecule has 0 saturated carbocycles. The number of esters is 1. The van der Waals surface area contributed by atoms with Crippen LogP contribution in [0, 0.1) is 0 Å². The van der Waals surface area contributed by atoms with Gasteiger partial charge in [-0.1, -0.05) is 18.2 Å². The number of nitrogens with one attached hydrogen (secondary N) is 2. The summed E-state index contributed by atoms with van der Waals surface area (Å²) in [5.41, 5.74) is 0.321. The molecule has 4 amide bonds. The Bertz CT molecular complexity index is 652. The first-order valence-electron chi connectivity index (χ1n) is 8.26. The Labute approximate surface area is 151 Å². The minimum Gasteiger partial charge on any atom is -0.464 e. The molecule has 9 heteroatoms. The largest absolute Gasteiger partial charge is 0.464 e. The molecule has 1 unspecified atom stereocenters. The summed E-state index contributed by atoms with van der Waals surface area (Å²) in [4.78, 5) is 50.3. The zero-order valence-corrected chi connectivity index (χ0v) is 14.4. The smallest absolute Gasteiger partial charge is 0.333 e. The van der Waals surface area contributed by atoms with Crippen LogP contribution in [0.15, 0.2) is 30.3 Å². The zero-order chi connectivity index (χ0) is 18.9. The first-order chi connectivity index (χ1) is 12.6. The molecule has 0 bridgehead atoms. The van der Waals surface area contributed by atoms with E-state index >= 15 is 0 Å². The molecular weight excluding hydrogens is 340 g/mol. The number of nitrogens with zero attached hydrogens (tertiary/aromatic N) is 2. The number of piperazine rings is 1. The van der Waals surface area contributed by atoms with Crippen molar-refractivity contribution in [1.29, 1.82) is 0 Å². The Kier molecular flexibility index (Phi) is 7.10. The van der Waals surface area contributed by atoms with Crippen molar-refractivity contribution in [3.05, 3.63) is 30.3 Å². The second-order valence-corrected chi connectivity index (χ2v) is 5.42. The second kappa shape index (κ2) is 9.52. The number of urea groups is 2. The van der Waals surface area contributed by atoms with E-state index in [2.05, 4.69) is 10.6 Å². The van der Waals surface area contributed by atoms with Gasteiger partial charge < -0.3 is 20.3 Å². The predicted molar refractivity (Wildman–Crippen MR) is 93.4 cm³/mol. The monoisotopic (exact) mass is 361 g/mol. The third-order valence-corrected chi connectivity index (χ3v) is 3.77. The topological polar surface area (TPSA) is 108 Å². The van der Waals surface area contributed by atoms with Crippen LogP contribution in [0.1, 0.15) is 6.92 Å². The summed E-state index contributed by atoms with van der Waals surface area (Å²) in [5, 5.41) is 5.34. The summed E-state index contributed by atoms with van der Waals surface area (Å²) in [6, 6.07) is 5.99. The van der Waals surface area contributed by atoms with E-state index in [1.807, 2.05) is 0 Å². The molecule has 26 heavy (non-hydrogen) atoms. The minimum atomic E-state index is -0.840. The van der Waals surface area contributed by atoms with Crippen LogP contribution >= 0.6 is 0 Å². The summed E-state index contributed by atoms with van der Waals surface area (Å²) >= 11 is 0. The fourth-order valence-electron chi connectivity index (χ4n) is 2.59. The molecule has 2 rings (SSSR count). The molecule has 0 aromatic heterocycles. The molecule has 1 fully saturated rings. The van der Waals surface area contributed by atoms with Gasteiger partial charge in [-0.25, -0.2) is 19.3 Å². The SMILES string of the molecule is CCOC(=O)C1CNCCN1C(=O)N(C(=O)NC[C]=O)c1ccccc1. The van der Waals surface area contributed by atoms with Crippen LogP contribution in [-0.4, -0.2) is 68.0 Å². The highest BCUT2D eigenvalue weighted by molar-refractivity contribution is 6.14. The number of amides is 4. The van der Waals surface area contributed by atoms with Crippen molar-refractivity contribution in [2.24, 2.45) is 0 Å². The van der Waals surface area contributed by atoms with Gasteiger partial charge in [-0.3, -0.25) is 4.79 Å². The number of carbonyl (C=O) groups excluding carboxylic acids is 4. The lowest BCUT2D eigenvalue weighted by molar-refractivity contribution is -0.148. The third kappa shape index (κ3) is 4.57. The number of imide groups is 1. The van der Waals surface area contributed by atoms with Crippen molar-refractivity contribution < 1.29 is 23.9 Å². The molecule has 1 aromatic rings. The first kappa shape index (κ1) is 19.4. The van der Waals surface area contributed by atoms with Crippen LogP contribution in [0.25, 0.3) is 0 Å². The van der Waals surface area contributed by atoms with Gasteiger partial charge in [-0.05, 0) is 19.1 Å². The van der Waals surface area contributed by atoms with Crippen LogP contribution in [0.4, 0.5) is 15.3 Å². The summed E-state index contributed by atoms with van der Waals surface area (Å²) in [6.45, 7) is 2.47. The van der Waals surface area contributed by atoms with Gasteiger partial charge in [-0.15, -0.1) is 0 Å². The zero-order valence-electron chi connectivity index (χ0n) is 14.4. The highest BCUT2D eigenvalue weighted by Crippen LogP contribution is 2.18. The van der Waals surface area contributed by atoms with Gasteiger partial charge in [0.2, 0.25) is 6.29 Å². The van der Waals surface area contributed by atoms with Crippen molar-refractivity contribution in [2.75, 3.05) is 37.7 Å². The molecule has 139 valence electrons. The fourth-order valence-corrected chi connectivity index (χ4v) is 2.59. The number of hydrogen-bond donors (Lipinski definition) is 2. The molecule has 1 aromatic carbocycles. The van der Waals surface area contributed by atoms with Crippen LogP contribution in [-0.2, 0) is 14.3 Å². The van der Waals surface area contributed by atoms with Crippen LogP contribution in [0.2, 0.25) is 0 Å². The second-order valence-electron chi connectivity index (χ2n) is 5.42. The van der Waals surface area contributed by atoms with Gasteiger partial charge in [0.1, 0.15) is 6.04 Å². The summed E-state index contributed by atoms with van der Waals surface area (Å²) in [7, 11) is 0. The number of para-hydroxylation sites is 1. The average molecular weight is 361 g/mol. The Hall–Kier alpha value is -2.94. The quantitative estimate of drug-likeness (QED) is 0.729. The average Bonchev–Trinajstić information content (AvgIpc) is 2.67. The van der Waals surface area contributed by atoms with E-state index in [9.17, 15) is 19.2 Å². The Morgan fingerprint density at radius 2 is 2.08 bits per heavy atom. The standard InChI is InChI=1S/C17H21N4O5/c1-2-26-15(23)14-12-18-8-10-20(14)17(25)21(16(24)19-9-11-22)13-6-4-3-5-7-13/h3-7,14,18H,2,8-10,12H2,1H3,(H,19,24). The van der Waals surface area contributed by atoms with Crippen molar-refractivity contribution >= 4 is 30.0 Å². The molecule has 0 spiro atoms. The number of ether oxygens (including phenoxy) is 1. The third-order valence-electron chi connectivity index (χ3n) is 3.77. The number of hydrogen-bond acceptors (Lipinski definition) is 6. The van der Waals surface area contributed by atoms with E-state index < -0.39 is 24.1 Å². The van der Waals surface area contributed by atoms with E-state index in [0.717, 1.165) is 4.90 Å². The maximum Gasteiger partial charge on any atom is 0.333 e. The molecule has 1 saturated heterocycles. The lowest BCUT2D eigenvalue weighted by Crippen LogP contribution is -2.62. The lowest BCUT2D eigenvalue weighted by atomic mass is 10.2. The maximum atomic E-state index is 13.1. The Morgan fingerprint density at radius 3 is 2.73 bits per heavy atom. The Morgan fingerprint density at radius 1 is 1.35 bits per heavy atom. The first-order valence-corrected chi connectivity index (χ1v) is 8.26. The van der Waals surface area contributed by atoms with Gasteiger partial charge in [-0.2, -0.15) is 0 Å². The highest BCUT2D eigenvalue weighted by Gasteiger charge is 2.37. The molecule has 9 nitrogen and oxygen atoms in total. The van der Waals surface area contributed by atoms with Gasteiger partial charge in [0.15, 0.2) is 0 Å². The van der Waals surface area contributed by atoms with Gasteiger partial charge in [0, 0.05) is 19.6 Å². The number of benzene rings is 1. The molecule has 1 aliphatic heterocycles. The highest BCUT2D eigenvalue weighted by atomic mass is 16.5. The van der Waals surface area contributed by atoms with Crippen LogP contribution < -0.4 is 15.5 Å². The van der Waals surface area contributed by atoms with Gasteiger partial charge in [0.25, 0.3) is 0 Å². The van der Waals surface area contributed by atoms with E-state index in [4.69, 9.17) is 4.74 Å². The molecule has 1 atom stereocenters. The van der Waals surface area contributed by atoms with Gasteiger partial charge in [0.05, 0.1) is 18.8 Å². The van der Waals surface area contributed by atoms with Crippen LogP contribution in [0.3, 0.4) is 0 Å². The fraction of sp³-hybridized carbons (Fsp3) is 0.412. The predicted octanol–water partition coefficient (Wildman–Crippen LogP) is 0.269. The summed E-state index contributed by atoms with van der Waals surface area (Å²) in [5.74, 6) is -0.539. The number of carbonyl (C=O) groups is 3. The van der Waals surface area contributed by atoms with Crippen molar-refractivity contribution in [3.8, 4) is 0 Å². The maximum absolute atomic E-state index is 13.1. The number of anilines is 1. The molecule has 2 N–H and O–H groups in total. The summed E-state index contributed by atoms with van der Waals surface area (Å²) in [6.07, 6.45) is 1.55. The van der Waals surface area contributed by atoms with Crippen molar-refractivity contribution in [1.82, 2.24) is 15.5 Å². The number of rotatable bonds is 5. The molecule has 1 heterocycles. The van der Waals surface area contributed by atoms with Gasteiger partial charge >= 0.3 is 18.0 Å². The molecule has 1 radical (unpaired) electrons. The molecule has 1 aliphatic rings. The van der Waals surface area contributed by atoms with E-state index in [1.54, 1.807) is 43.5 Å². The van der Waals surface area contributed by atoms with E-state index in [-0.39, 0.29) is 26.2 Å². The minimum absolute atomic E-state index is 0.190. The van der Waals surface area contributed by atoms with E-state index in [1.165, 1.54) is 4.90 Å². The van der Waals surface area contributed by atoms with Crippen LogP contribution in [0.5, 0.6) is 0 Å². The normalized spacial score (nSPS) is 16.5. The van der Waals surface area contributed by atoms with Crippen molar-refractivity contribution in [3.63, 3.8) is 0 Å². The molecular formula is C17H21N4O5. The molecule has 0 aliphatic carbocycles. The van der Waals surface area contributed by atoms with Crippen molar-refractivity contribution in [2.45, 2.75) is 13.0 Å². The Balaban J connectivity index is 2.30.